The Morgan fingerprint density at radius 2 is 2.14 bits per heavy atom. The standard InChI is InChI=1S/C20H23N5O4/c1-11(16-6-5-15(9-22-16)28-10-18(26)21-4)24-17-7-14(8-23-20(17)27)19-12(2)25-29-13(19)3/h5-9,11,24H,10H2,1-4H3,(H,21,26)(H,23,27). The van der Waals surface area contributed by atoms with Crippen LogP contribution in [0.2, 0.25) is 0 Å². The molecular weight excluding hydrogens is 374 g/mol. The summed E-state index contributed by atoms with van der Waals surface area (Å²) in [5.74, 6) is 0.951. The summed E-state index contributed by atoms with van der Waals surface area (Å²) in [6.07, 6.45) is 3.18. The van der Waals surface area contributed by atoms with Crippen molar-refractivity contribution in [3.8, 4) is 16.9 Å². The van der Waals surface area contributed by atoms with Gasteiger partial charge in [-0.15, -0.1) is 0 Å². The molecule has 3 aromatic rings. The number of aryl methyl sites for hydroxylation is 2. The van der Waals surface area contributed by atoms with Crippen LogP contribution in [0.1, 0.15) is 30.1 Å². The SMILES string of the molecule is CNC(=O)COc1ccc(C(C)Nc2cc(-c3c(C)noc3C)c[nH]c2=O)nc1. The number of pyridine rings is 2. The number of anilines is 1. The van der Waals surface area contributed by atoms with Gasteiger partial charge in [0.25, 0.3) is 11.5 Å². The zero-order valence-corrected chi connectivity index (χ0v) is 16.7. The van der Waals surface area contributed by atoms with Gasteiger partial charge in [-0.25, -0.2) is 0 Å². The fraction of sp³-hybridized carbons (Fsp3) is 0.300. The van der Waals surface area contributed by atoms with Crippen LogP contribution in [0.3, 0.4) is 0 Å². The van der Waals surface area contributed by atoms with Gasteiger partial charge in [0, 0.05) is 24.4 Å². The van der Waals surface area contributed by atoms with Crippen LogP contribution < -0.4 is 20.9 Å². The zero-order chi connectivity index (χ0) is 21.0. The predicted octanol–water partition coefficient (Wildman–Crippen LogP) is 2.34. The van der Waals surface area contributed by atoms with Gasteiger partial charge in [0.1, 0.15) is 17.2 Å². The van der Waals surface area contributed by atoms with E-state index in [-0.39, 0.29) is 24.1 Å². The first-order chi connectivity index (χ1) is 13.9. The quantitative estimate of drug-likeness (QED) is 0.559. The van der Waals surface area contributed by atoms with Gasteiger partial charge in [-0.1, -0.05) is 5.16 Å². The molecule has 3 heterocycles. The lowest BCUT2D eigenvalue weighted by Gasteiger charge is -2.15. The Morgan fingerprint density at radius 3 is 2.76 bits per heavy atom. The highest BCUT2D eigenvalue weighted by atomic mass is 16.5. The highest BCUT2D eigenvalue weighted by Crippen LogP contribution is 2.27. The van der Waals surface area contributed by atoms with E-state index < -0.39 is 0 Å². The molecule has 0 aromatic carbocycles. The van der Waals surface area contributed by atoms with E-state index in [2.05, 4.69) is 25.8 Å². The number of nitrogens with one attached hydrogen (secondary N) is 3. The molecule has 0 aliphatic rings. The van der Waals surface area contributed by atoms with Crippen molar-refractivity contribution in [2.24, 2.45) is 0 Å². The molecule has 9 nitrogen and oxygen atoms in total. The van der Waals surface area contributed by atoms with Crippen molar-refractivity contribution in [2.45, 2.75) is 26.8 Å². The number of ether oxygens (including phenoxy) is 1. The number of likely N-dealkylation sites (N-methyl/N-ethyl adjacent to an activating group) is 1. The minimum Gasteiger partial charge on any atom is -0.482 e. The number of carbonyl (C=O) groups is 1. The van der Waals surface area contributed by atoms with Gasteiger partial charge in [0.2, 0.25) is 0 Å². The smallest absolute Gasteiger partial charge is 0.271 e. The summed E-state index contributed by atoms with van der Waals surface area (Å²) < 4.78 is 10.6. The molecule has 0 aliphatic carbocycles. The number of amides is 1. The summed E-state index contributed by atoms with van der Waals surface area (Å²) in [5, 5.41) is 9.62. The Kier molecular flexibility index (Phi) is 5.96. The summed E-state index contributed by atoms with van der Waals surface area (Å²) in [4.78, 5) is 30.6. The van der Waals surface area contributed by atoms with Crippen LogP contribution in [-0.2, 0) is 4.79 Å². The van der Waals surface area contributed by atoms with Gasteiger partial charge in [0.15, 0.2) is 6.61 Å². The second-order valence-corrected chi connectivity index (χ2v) is 6.58. The first-order valence-electron chi connectivity index (χ1n) is 9.11. The molecule has 3 aromatic heterocycles. The van der Waals surface area contributed by atoms with E-state index in [0.717, 1.165) is 22.5 Å². The average Bonchev–Trinajstić information content (AvgIpc) is 3.06. The van der Waals surface area contributed by atoms with E-state index in [1.807, 2.05) is 20.8 Å². The summed E-state index contributed by atoms with van der Waals surface area (Å²) >= 11 is 0. The second kappa shape index (κ2) is 8.59. The molecule has 0 aliphatic heterocycles. The minimum absolute atomic E-state index is 0.0742. The van der Waals surface area contributed by atoms with Crippen molar-refractivity contribution in [1.29, 1.82) is 0 Å². The Labute approximate surface area is 167 Å². The molecule has 3 N–H and O–H groups in total. The van der Waals surface area contributed by atoms with Crippen molar-refractivity contribution >= 4 is 11.6 Å². The van der Waals surface area contributed by atoms with Crippen LogP contribution in [0.5, 0.6) is 5.75 Å². The first kappa shape index (κ1) is 20.1. The Hall–Kier alpha value is -3.62. The molecule has 1 amide bonds. The molecular formula is C20H23N5O4. The highest BCUT2D eigenvalue weighted by molar-refractivity contribution is 5.77. The van der Waals surface area contributed by atoms with E-state index in [1.165, 1.54) is 0 Å². The molecule has 0 radical (unpaired) electrons. The number of carbonyl (C=O) groups excluding carboxylic acids is 1. The highest BCUT2D eigenvalue weighted by Gasteiger charge is 2.15. The minimum atomic E-state index is -0.238. The van der Waals surface area contributed by atoms with Gasteiger partial charge >= 0.3 is 0 Å². The maximum absolute atomic E-state index is 12.3. The number of rotatable bonds is 7. The number of hydrogen-bond acceptors (Lipinski definition) is 7. The maximum Gasteiger partial charge on any atom is 0.271 e. The molecule has 1 unspecified atom stereocenters. The molecule has 1 atom stereocenters. The predicted molar refractivity (Wildman–Crippen MR) is 108 cm³/mol. The summed E-state index contributed by atoms with van der Waals surface area (Å²) in [5.41, 5.74) is 3.31. The maximum atomic E-state index is 12.3. The molecule has 0 fully saturated rings. The van der Waals surface area contributed by atoms with Gasteiger partial charge < -0.3 is 24.9 Å². The molecule has 0 saturated carbocycles. The summed E-state index contributed by atoms with van der Waals surface area (Å²) in [7, 11) is 1.54. The van der Waals surface area contributed by atoms with Gasteiger partial charge in [-0.3, -0.25) is 14.6 Å². The normalized spacial score (nSPS) is 11.7. The summed E-state index contributed by atoms with van der Waals surface area (Å²) in [6.45, 7) is 5.50. The van der Waals surface area contributed by atoms with Crippen LogP contribution in [0, 0.1) is 13.8 Å². The lowest BCUT2D eigenvalue weighted by molar-refractivity contribution is -0.122. The number of hydrogen-bond donors (Lipinski definition) is 3. The molecule has 29 heavy (non-hydrogen) atoms. The van der Waals surface area contributed by atoms with Crippen molar-refractivity contribution < 1.29 is 14.1 Å². The third-order valence-electron chi connectivity index (χ3n) is 4.45. The van der Waals surface area contributed by atoms with E-state index in [1.54, 1.807) is 37.6 Å². The fourth-order valence-corrected chi connectivity index (χ4v) is 2.89. The Morgan fingerprint density at radius 1 is 1.34 bits per heavy atom. The second-order valence-electron chi connectivity index (χ2n) is 6.58. The van der Waals surface area contributed by atoms with Crippen LogP contribution in [0.15, 0.2) is 39.9 Å². The van der Waals surface area contributed by atoms with Gasteiger partial charge in [-0.2, -0.15) is 0 Å². The van der Waals surface area contributed by atoms with Crippen molar-refractivity contribution in [3.63, 3.8) is 0 Å². The number of aromatic nitrogens is 3. The monoisotopic (exact) mass is 397 g/mol. The van der Waals surface area contributed by atoms with Crippen LogP contribution in [0.25, 0.3) is 11.1 Å². The van der Waals surface area contributed by atoms with Crippen LogP contribution in [-0.4, -0.2) is 34.7 Å². The molecule has 0 bridgehead atoms. The van der Waals surface area contributed by atoms with Crippen LogP contribution in [0.4, 0.5) is 5.69 Å². The fourth-order valence-electron chi connectivity index (χ4n) is 2.89. The molecule has 9 heteroatoms. The zero-order valence-electron chi connectivity index (χ0n) is 16.7. The van der Waals surface area contributed by atoms with E-state index >= 15 is 0 Å². The average molecular weight is 397 g/mol. The third-order valence-corrected chi connectivity index (χ3v) is 4.45. The lowest BCUT2D eigenvalue weighted by atomic mass is 10.1. The number of nitrogens with zero attached hydrogens (tertiary/aromatic N) is 2. The molecule has 3 rings (SSSR count). The largest absolute Gasteiger partial charge is 0.482 e. The lowest BCUT2D eigenvalue weighted by Crippen LogP contribution is -2.24. The molecule has 0 spiro atoms. The van der Waals surface area contributed by atoms with E-state index in [0.29, 0.717) is 17.2 Å². The Balaban J connectivity index is 1.75. The third kappa shape index (κ3) is 4.63. The number of H-pyrrole nitrogens is 1. The van der Waals surface area contributed by atoms with E-state index in [4.69, 9.17) is 9.26 Å². The molecule has 0 saturated heterocycles. The van der Waals surface area contributed by atoms with Crippen molar-refractivity contribution in [3.05, 3.63) is 58.1 Å². The first-order valence-corrected chi connectivity index (χ1v) is 9.11. The summed E-state index contributed by atoms with van der Waals surface area (Å²) in [6, 6.07) is 5.05. The van der Waals surface area contributed by atoms with Crippen LogP contribution >= 0.6 is 0 Å². The van der Waals surface area contributed by atoms with Gasteiger partial charge in [0.05, 0.1) is 23.6 Å². The number of aromatic amines is 1. The van der Waals surface area contributed by atoms with Crippen molar-refractivity contribution in [2.75, 3.05) is 19.0 Å². The molecule has 152 valence electrons. The van der Waals surface area contributed by atoms with Gasteiger partial charge in [-0.05, 0) is 39.0 Å². The topological polar surface area (TPSA) is 122 Å². The van der Waals surface area contributed by atoms with E-state index in [9.17, 15) is 9.59 Å². The Bertz CT molecular complexity index is 1040. The van der Waals surface area contributed by atoms with Crippen molar-refractivity contribution in [1.82, 2.24) is 20.4 Å².